The summed E-state index contributed by atoms with van der Waals surface area (Å²) in [6, 6.07) is 21.5. The lowest BCUT2D eigenvalue weighted by Gasteiger charge is -2.14. The van der Waals surface area contributed by atoms with Gasteiger partial charge in [-0.15, -0.1) is 10.2 Å². The molecule has 19 heteroatoms. The zero-order chi connectivity index (χ0) is 37.7. The molecule has 2 aromatic heterocycles. The van der Waals surface area contributed by atoms with E-state index >= 15 is 0 Å². The number of unbranched alkanes of at least 4 members (excludes halogenated alkanes) is 1. The summed E-state index contributed by atoms with van der Waals surface area (Å²) in [4.78, 5) is 39.5. The summed E-state index contributed by atoms with van der Waals surface area (Å²) in [5.41, 5.74) is 4.27. The molecular formula is C34H37ClN8O10. The van der Waals surface area contributed by atoms with Crippen molar-refractivity contribution in [3.05, 3.63) is 101 Å². The van der Waals surface area contributed by atoms with Crippen LogP contribution in [0.25, 0.3) is 22.5 Å². The van der Waals surface area contributed by atoms with E-state index in [1.54, 1.807) is 12.1 Å². The van der Waals surface area contributed by atoms with Crippen molar-refractivity contribution in [2.75, 3.05) is 6.61 Å². The minimum absolute atomic E-state index is 0.00435. The predicted octanol–water partition coefficient (Wildman–Crippen LogP) is 5.64. The number of ether oxygens (including phenoxy) is 2. The van der Waals surface area contributed by atoms with Gasteiger partial charge in [0.25, 0.3) is 0 Å². The fourth-order valence-corrected chi connectivity index (χ4v) is 5.47. The molecule has 0 atom stereocenters. The van der Waals surface area contributed by atoms with Crippen LogP contribution in [0.4, 0.5) is 4.79 Å². The third-order valence-electron chi connectivity index (χ3n) is 7.76. The number of aromatic nitrogens is 6. The highest BCUT2D eigenvalue weighted by Crippen LogP contribution is 2.31. The number of esters is 1. The second kappa shape index (κ2) is 19.1. The van der Waals surface area contributed by atoms with E-state index in [1.807, 2.05) is 53.1 Å². The zero-order valence-corrected chi connectivity index (χ0v) is 29.2. The number of carbonyl (C=O) groups excluding carboxylic acids is 2. The Bertz CT molecular complexity index is 1970. The molecule has 0 aliphatic carbocycles. The van der Waals surface area contributed by atoms with Gasteiger partial charge in [-0.05, 0) is 52.4 Å². The van der Waals surface area contributed by atoms with Gasteiger partial charge in [-0.1, -0.05) is 90.4 Å². The molecule has 2 heterocycles. The molecule has 0 aliphatic rings. The minimum atomic E-state index is -0.909. The summed E-state index contributed by atoms with van der Waals surface area (Å²) < 4.78 is 12.8. The Morgan fingerprint density at radius 3 is 2.36 bits per heavy atom. The molecule has 0 radical (unpaired) electrons. The number of hydrogen-bond donors (Lipinski definition) is 4. The van der Waals surface area contributed by atoms with E-state index in [2.05, 4.69) is 37.0 Å². The van der Waals surface area contributed by atoms with Crippen molar-refractivity contribution in [1.82, 2.24) is 40.5 Å². The van der Waals surface area contributed by atoms with Crippen molar-refractivity contribution >= 4 is 23.7 Å². The summed E-state index contributed by atoms with van der Waals surface area (Å²) in [5.74, 6) is 0.619. The highest BCUT2D eigenvalue weighted by molar-refractivity contribution is 6.30. The van der Waals surface area contributed by atoms with Crippen LogP contribution in [-0.2, 0) is 45.4 Å². The fourth-order valence-electron chi connectivity index (χ4n) is 5.21. The Morgan fingerprint density at radius 2 is 1.62 bits per heavy atom. The molecule has 0 saturated carbocycles. The van der Waals surface area contributed by atoms with E-state index in [9.17, 15) is 9.59 Å². The zero-order valence-electron chi connectivity index (χ0n) is 28.5. The first kappa shape index (κ1) is 39.1. The summed E-state index contributed by atoms with van der Waals surface area (Å²) in [7, 11) is 0. The largest absolute Gasteiger partial charge is 0.459 e. The van der Waals surface area contributed by atoms with Gasteiger partial charge in [-0.3, -0.25) is 30.5 Å². The number of hydrogen-bond acceptors (Lipinski definition) is 16. The van der Waals surface area contributed by atoms with Gasteiger partial charge in [0.2, 0.25) is 5.82 Å². The van der Waals surface area contributed by atoms with Crippen molar-refractivity contribution in [1.29, 1.82) is 0 Å². The van der Waals surface area contributed by atoms with Gasteiger partial charge >= 0.3 is 12.1 Å². The van der Waals surface area contributed by atoms with E-state index in [0.717, 1.165) is 40.2 Å². The van der Waals surface area contributed by atoms with Gasteiger partial charge in [-0.2, -0.15) is 0 Å². The van der Waals surface area contributed by atoms with Crippen molar-refractivity contribution in [2.45, 2.75) is 58.8 Å². The second-order valence-corrected chi connectivity index (χ2v) is 11.9. The molecule has 0 saturated heterocycles. The van der Waals surface area contributed by atoms with Gasteiger partial charge in [0.05, 0.1) is 29.7 Å². The smallest absolute Gasteiger partial charge is 0.459 e. The standard InChI is InChI=1S/C34H37ClN8O10/c1-2-3-12-30-36-32(35)29(22-50-31(44)13-7-18-51-42(46)47)40(30)20-23-14-16-25(17-15-23)27-10-4-5-11-28(27)33-37-39-41(38-33)34(45)53-26-9-6-8-24(19-26)21-52-43(48)49/h4-6,8-11,14-17,19,46-49H,2-3,7,12-13,18,20-22H2,1H3. The molecule has 4 N–H and O–H groups in total. The molecule has 0 amide bonds. The van der Waals surface area contributed by atoms with Crippen molar-refractivity contribution in [2.24, 2.45) is 0 Å². The van der Waals surface area contributed by atoms with E-state index in [0.29, 0.717) is 29.8 Å². The molecule has 3 aromatic carbocycles. The Kier molecular flexibility index (Phi) is 14.1. The van der Waals surface area contributed by atoms with Crippen LogP contribution in [0.1, 0.15) is 55.3 Å². The predicted molar refractivity (Wildman–Crippen MR) is 182 cm³/mol. The molecular weight excluding hydrogens is 716 g/mol. The number of tetrazole rings is 1. The average molecular weight is 753 g/mol. The van der Waals surface area contributed by atoms with Crippen LogP contribution in [-0.4, -0.2) is 80.0 Å². The molecule has 0 spiro atoms. The first-order chi connectivity index (χ1) is 25.6. The first-order valence-electron chi connectivity index (χ1n) is 16.4. The van der Waals surface area contributed by atoms with Crippen LogP contribution < -0.4 is 4.74 Å². The molecule has 18 nitrogen and oxygen atoms in total. The maximum absolute atomic E-state index is 12.8. The molecule has 5 aromatic rings. The Hall–Kier alpha value is -5.15. The van der Waals surface area contributed by atoms with E-state index in [4.69, 9.17) is 41.9 Å². The van der Waals surface area contributed by atoms with E-state index in [1.165, 1.54) is 12.1 Å². The lowest BCUT2D eigenvalue weighted by molar-refractivity contribution is -0.497. The van der Waals surface area contributed by atoms with Gasteiger partial charge < -0.3 is 14.0 Å². The molecule has 53 heavy (non-hydrogen) atoms. The number of imidazole rings is 1. The highest BCUT2D eigenvalue weighted by Gasteiger charge is 2.20. The number of nitrogens with zero attached hydrogens (tertiary/aromatic N) is 8. The van der Waals surface area contributed by atoms with Crippen LogP contribution in [0.15, 0.2) is 72.8 Å². The Morgan fingerprint density at radius 1 is 0.868 bits per heavy atom. The van der Waals surface area contributed by atoms with Crippen molar-refractivity contribution < 1.29 is 49.6 Å². The maximum atomic E-state index is 12.8. The molecule has 0 bridgehead atoms. The third-order valence-corrected chi connectivity index (χ3v) is 8.06. The fraction of sp³-hybridized carbons (Fsp3) is 0.294. The lowest BCUT2D eigenvalue weighted by atomic mass is 9.98. The quantitative estimate of drug-likeness (QED) is 0.0483. The Balaban J connectivity index is 1.28. The monoisotopic (exact) mass is 752 g/mol. The number of carbonyl (C=O) groups is 2. The van der Waals surface area contributed by atoms with E-state index < -0.39 is 22.8 Å². The third kappa shape index (κ3) is 11.2. The van der Waals surface area contributed by atoms with Crippen molar-refractivity contribution in [3.8, 4) is 28.3 Å². The SMILES string of the molecule is CCCCc1nc(Cl)c(COC(=O)CCCON(O)O)n1Cc1ccc(-c2ccccc2-c2nnn(C(=O)Oc3cccc(CON(O)O)c3)n2)cc1. The number of benzene rings is 3. The topological polar surface area (TPSA) is 220 Å². The Labute approximate surface area is 307 Å². The molecule has 0 aliphatic heterocycles. The summed E-state index contributed by atoms with van der Waals surface area (Å²) in [6.45, 7) is 2.14. The van der Waals surface area contributed by atoms with Gasteiger partial charge in [0.1, 0.15) is 18.2 Å². The first-order valence-corrected chi connectivity index (χ1v) is 16.8. The van der Waals surface area contributed by atoms with Crippen LogP contribution in [0.5, 0.6) is 5.75 Å². The number of rotatable bonds is 18. The number of aryl methyl sites for hydroxylation is 1. The van der Waals surface area contributed by atoms with Crippen LogP contribution >= 0.6 is 11.6 Å². The van der Waals surface area contributed by atoms with E-state index in [-0.39, 0.29) is 49.4 Å². The second-order valence-electron chi connectivity index (χ2n) is 11.5. The molecule has 5 rings (SSSR count). The average Bonchev–Trinajstić information content (AvgIpc) is 3.76. The molecule has 0 fully saturated rings. The summed E-state index contributed by atoms with van der Waals surface area (Å²) in [6.07, 6.45) is 1.84. The molecule has 0 unspecified atom stereocenters. The van der Waals surface area contributed by atoms with Crippen LogP contribution in [0, 0.1) is 0 Å². The minimum Gasteiger partial charge on any atom is -0.459 e. The van der Waals surface area contributed by atoms with Gasteiger partial charge in [0.15, 0.2) is 5.15 Å². The summed E-state index contributed by atoms with van der Waals surface area (Å²) in [5, 5.41) is 46.4. The van der Waals surface area contributed by atoms with Crippen LogP contribution in [0.3, 0.4) is 0 Å². The highest BCUT2D eigenvalue weighted by atomic mass is 35.5. The van der Waals surface area contributed by atoms with Crippen molar-refractivity contribution in [3.63, 3.8) is 0 Å². The lowest BCUT2D eigenvalue weighted by Crippen LogP contribution is -2.20. The number of halogens is 1. The molecule has 280 valence electrons. The van der Waals surface area contributed by atoms with Gasteiger partial charge in [0, 0.05) is 24.9 Å². The van der Waals surface area contributed by atoms with Crippen LogP contribution in [0.2, 0.25) is 5.15 Å². The van der Waals surface area contributed by atoms with Gasteiger partial charge in [-0.25, -0.2) is 14.6 Å². The normalized spacial score (nSPS) is 11.4. The maximum Gasteiger partial charge on any atom is 0.459 e. The summed E-state index contributed by atoms with van der Waals surface area (Å²) >= 11 is 6.54.